The number of aromatic nitrogens is 1. The number of hydrogen-bond donors (Lipinski definition) is 0. The molecule has 0 spiro atoms. The van der Waals surface area contributed by atoms with E-state index in [9.17, 15) is 0 Å². The molecule has 0 radical (unpaired) electrons. The van der Waals surface area contributed by atoms with E-state index in [0.717, 1.165) is 28.4 Å². The average molecular weight is 942 g/mol. The fourth-order valence-electron chi connectivity index (χ4n) is 10.1. The first-order chi connectivity index (χ1) is 31.0. The van der Waals surface area contributed by atoms with Crippen LogP contribution in [0.1, 0.15) is 59.7 Å². The first kappa shape index (κ1) is 41.4. The highest BCUT2D eigenvalue weighted by Crippen LogP contribution is 2.51. The lowest BCUT2D eigenvalue weighted by Gasteiger charge is -2.36. The van der Waals surface area contributed by atoms with Gasteiger partial charge in [-0.3, -0.25) is 0 Å². The predicted octanol–water partition coefficient (Wildman–Crippen LogP) is 17.6. The number of halogens is 1. The van der Waals surface area contributed by atoms with Gasteiger partial charge in [0.15, 0.2) is 0 Å². The second-order valence-electron chi connectivity index (χ2n) is 18.0. The minimum atomic E-state index is -0.269. The van der Waals surface area contributed by atoms with Crippen molar-refractivity contribution in [3.8, 4) is 16.8 Å². The highest BCUT2D eigenvalue weighted by Gasteiger charge is 2.36. The van der Waals surface area contributed by atoms with Gasteiger partial charge in [0.05, 0.1) is 16.7 Å². The molecule has 0 bridgehead atoms. The van der Waals surface area contributed by atoms with Crippen LogP contribution in [0.15, 0.2) is 186 Å². The third-order valence-corrected chi connectivity index (χ3v) is 13.5. The van der Waals surface area contributed by atoms with Crippen LogP contribution >= 0.6 is 22.6 Å². The van der Waals surface area contributed by atoms with E-state index in [2.05, 4.69) is 267 Å². The van der Waals surface area contributed by atoms with Gasteiger partial charge in [-0.25, -0.2) is 0 Å². The quantitative estimate of drug-likeness (QED) is 0.106. The molecule has 314 valence electrons. The molecule has 0 aliphatic carbocycles. The number of para-hydroxylation sites is 1. The van der Waals surface area contributed by atoms with E-state index in [1.807, 2.05) is 4.08 Å². The Morgan fingerprint density at radius 2 is 1.16 bits per heavy atom. The van der Waals surface area contributed by atoms with Crippen molar-refractivity contribution < 1.29 is 0 Å². The number of aryl methyl sites for hydroxylation is 4. The number of allylic oxidation sites excluding steroid dienone is 3. The summed E-state index contributed by atoms with van der Waals surface area (Å²) in [4.78, 5) is 4.90. The zero-order valence-electron chi connectivity index (χ0n) is 37.6. The highest BCUT2D eigenvalue weighted by molar-refractivity contribution is 14.1. The minimum absolute atomic E-state index is 0.269. The number of nitrogens with zero attached hydrogens (tertiary/aromatic N) is 3. The minimum Gasteiger partial charge on any atom is -0.310 e. The fourth-order valence-corrected chi connectivity index (χ4v) is 10.3. The first-order valence-electron chi connectivity index (χ1n) is 22.2. The lowest BCUT2D eigenvalue weighted by Crippen LogP contribution is -2.26. The summed E-state index contributed by atoms with van der Waals surface area (Å²) >= 11 is 2.27. The van der Waals surface area contributed by atoms with Gasteiger partial charge in [-0.05, 0) is 168 Å². The van der Waals surface area contributed by atoms with Crippen LogP contribution in [-0.4, -0.2) is 4.57 Å². The van der Waals surface area contributed by atoms with Crippen LogP contribution in [-0.2, 0) is 5.41 Å². The Hall–Kier alpha value is -6.63. The van der Waals surface area contributed by atoms with Gasteiger partial charge in [0.2, 0.25) is 0 Å². The third kappa shape index (κ3) is 7.24. The molecule has 3 nitrogen and oxygen atoms in total. The molecule has 4 heteroatoms. The summed E-state index contributed by atoms with van der Waals surface area (Å²) in [5.74, 6) is 0. The molecule has 64 heavy (non-hydrogen) atoms. The molecule has 9 aromatic rings. The maximum absolute atomic E-state index is 2.53. The van der Waals surface area contributed by atoms with E-state index < -0.39 is 0 Å². The van der Waals surface area contributed by atoms with Crippen molar-refractivity contribution in [3.63, 3.8) is 0 Å². The van der Waals surface area contributed by atoms with Crippen LogP contribution in [0, 0.1) is 27.7 Å². The molecule has 0 atom stereocenters. The summed E-state index contributed by atoms with van der Waals surface area (Å²) in [6.07, 6.45) is 4.26. The van der Waals surface area contributed by atoms with Gasteiger partial charge in [-0.2, -0.15) is 0 Å². The Balaban J connectivity index is 1.24. The van der Waals surface area contributed by atoms with Crippen molar-refractivity contribution in [2.45, 2.75) is 53.9 Å². The van der Waals surface area contributed by atoms with Gasteiger partial charge in [-0.15, -0.1) is 0 Å². The summed E-state index contributed by atoms with van der Waals surface area (Å²) < 4.78 is 4.57. The normalized spacial score (nSPS) is 13.2. The Morgan fingerprint density at radius 3 is 1.88 bits per heavy atom. The third-order valence-electron chi connectivity index (χ3n) is 13.1. The average Bonchev–Trinajstić information content (AvgIpc) is 3.62. The number of benzene rings is 8. The van der Waals surface area contributed by atoms with E-state index in [-0.39, 0.29) is 5.41 Å². The zero-order chi connectivity index (χ0) is 44.3. The van der Waals surface area contributed by atoms with Gasteiger partial charge in [0.25, 0.3) is 0 Å². The number of hydrogen-bond acceptors (Lipinski definition) is 2. The molecule has 1 aromatic heterocycles. The number of rotatable bonds is 9. The van der Waals surface area contributed by atoms with E-state index in [1.165, 1.54) is 88.8 Å². The molecule has 0 N–H and O–H groups in total. The van der Waals surface area contributed by atoms with E-state index in [1.54, 1.807) is 0 Å². The molecular weight excluding hydrogens is 890 g/mol. The van der Waals surface area contributed by atoms with Crippen molar-refractivity contribution >= 4 is 84.1 Å². The van der Waals surface area contributed by atoms with Crippen LogP contribution in [0.2, 0.25) is 0 Å². The van der Waals surface area contributed by atoms with Crippen LogP contribution in [0.5, 0.6) is 0 Å². The Bertz CT molecular complexity index is 3280. The molecule has 0 fully saturated rings. The lowest BCUT2D eigenvalue weighted by atomic mass is 9.74. The fraction of sp³-hybridized carbons (Fsp3) is 0.133. The Kier molecular flexibility index (Phi) is 10.7. The molecule has 10 rings (SSSR count). The molecule has 1 aliphatic rings. The van der Waals surface area contributed by atoms with Crippen LogP contribution < -0.4 is 9.80 Å². The maximum atomic E-state index is 2.53. The van der Waals surface area contributed by atoms with Crippen molar-refractivity contribution in [1.29, 1.82) is 0 Å². The van der Waals surface area contributed by atoms with Crippen LogP contribution in [0.4, 0.5) is 34.1 Å². The monoisotopic (exact) mass is 941 g/mol. The zero-order valence-corrected chi connectivity index (χ0v) is 39.8. The standard InChI is InChI=1S/C60H52IN3/c1-39-19-29-56(43(5)33-39)63(48-26-22-46(23-27-48)45-15-9-8-10-16-45)51-37-53-52-36-49(28-30-57(52)64-58-18-12-11-17-54(58)60(6,7)55(38-51)59(53)64)62(50-34-40(2)32-41(3)35-50)47-24-20-44(21-25-47)42(4)14-13-31-61/h8-38H,1-7H3/b31-13-,42-14+. The molecule has 1 aliphatic heterocycles. The SMILES string of the molecule is C/C(=C\C=C/I)c1ccc(N(c2cc(C)cc(C)c2)c2ccc3c(c2)c2cc(N(c4ccc(-c5ccccc5)cc4)c4ccc(C)cc4C)cc4c2n3-c2ccccc2C4(C)C)cc1. The summed E-state index contributed by atoms with van der Waals surface area (Å²) in [6.45, 7) is 15.8. The molecular formula is C60H52IN3. The summed E-state index contributed by atoms with van der Waals surface area (Å²) in [7, 11) is 0. The Morgan fingerprint density at radius 1 is 0.531 bits per heavy atom. The largest absolute Gasteiger partial charge is 0.310 e. The smallest absolute Gasteiger partial charge is 0.0583 e. The molecule has 0 saturated heterocycles. The van der Waals surface area contributed by atoms with Gasteiger partial charge < -0.3 is 14.4 Å². The van der Waals surface area contributed by atoms with E-state index >= 15 is 0 Å². The van der Waals surface area contributed by atoms with Gasteiger partial charge in [-0.1, -0.05) is 145 Å². The molecule has 2 heterocycles. The van der Waals surface area contributed by atoms with Gasteiger partial charge >= 0.3 is 0 Å². The van der Waals surface area contributed by atoms with Crippen molar-refractivity contribution in [1.82, 2.24) is 4.57 Å². The predicted molar refractivity (Wildman–Crippen MR) is 283 cm³/mol. The first-order valence-corrected chi connectivity index (χ1v) is 23.4. The molecule has 0 saturated carbocycles. The van der Waals surface area contributed by atoms with E-state index in [4.69, 9.17) is 0 Å². The molecule has 0 amide bonds. The van der Waals surface area contributed by atoms with E-state index in [0.29, 0.717) is 0 Å². The number of fused-ring (bicyclic) bond motifs is 5. The number of anilines is 6. The Labute approximate surface area is 391 Å². The van der Waals surface area contributed by atoms with Gasteiger partial charge in [0, 0.05) is 50.3 Å². The van der Waals surface area contributed by atoms with Crippen molar-refractivity contribution in [2.24, 2.45) is 0 Å². The maximum Gasteiger partial charge on any atom is 0.0583 e. The van der Waals surface area contributed by atoms with Crippen LogP contribution in [0.25, 0.3) is 44.2 Å². The van der Waals surface area contributed by atoms with Crippen molar-refractivity contribution in [2.75, 3.05) is 9.80 Å². The molecule has 8 aromatic carbocycles. The van der Waals surface area contributed by atoms with Crippen molar-refractivity contribution in [3.05, 3.63) is 225 Å². The second-order valence-corrected chi connectivity index (χ2v) is 18.7. The summed E-state index contributed by atoms with van der Waals surface area (Å²) in [6, 6.07) is 63.4. The topological polar surface area (TPSA) is 11.4 Å². The van der Waals surface area contributed by atoms with Gasteiger partial charge in [0.1, 0.15) is 0 Å². The highest BCUT2D eigenvalue weighted by atomic mass is 127. The van der Waals surface area contributed by atoms with Crippen LogP contribution in [0.3, 0.4) is 0 Å². The lowest BCUT2D eigenvalue weighted by molar-refractivity contribution is 0.630. The molecule has 0 unspecified atom stereocenters. The second kappa shape index (κ2) is 16.5. The summed E-state index contributed by atoms with van der Waals surface area (Å²) in [5.41, 5.74) is 22.7. The summed E-state index contributed by atoms with van der Waals surface area (Å²) in [5, 5.41) is 2.46.